The Labute approximate surface area is 150 Å². The molecule has 0 N–H and O–H groups in total. The van der Waals surface area contributed by atoms with E-state index >= 15 is 0 Å². The summed E-state index contributed by atoms with van der Waals surface area (Å²) in [4.78, 5) is 4.41. The maximum absolute atomic E-state index is 12.2. The van der Waals surface area contributed by atoms with Crippen molar-refractivity contribution in [1.29, 1.82) is 0 Å². The monoisotopic (exact) mass is 368 g/mol. The van der Waals surface area contributed by atoms with Gasteiger partial charge < -0.3 is 9.80 Å². The Morgan fingerprint density at radius 1 is 0.800 bits per heavy atom. The van der Waals surface area contributed by atoms with Crippen LogP contribution in [-0.4, -0.2) is 80.6 Å². The third-order valence-electron chi connectivity index (χ3n) is 4.92. The Morgan fingerprint density at radius 3 is 1.72 bits per heavy atom. The summed E-state index contributed by atoms with van der Waals surface area (Å²) < 4.78 is 27.1. The Hall–Kier alpha value is -1.45. The highest BCUT2D eigenvalue weighted by Gasteiger charge is 2.29. The van der Waals surface area contributed by atoms with E-state index in [0.29, 0.717) is 26.2 Å². The molecule has 3 rings (SSSR count). The van der Waals surface area contributed by atoms with Crippen molar-refractivity contribution in [1.82, 2.24) is 18.8 Å². The highest BCUT2D eigenvalue weighted by molar-refractivity contribution is 7.86. The van der Waals surface area contributed by atoms with Gasteiger partial charge in [0.05, 0.1) is 0 Å². The molecule has 2 aliphatic rings. The van der Waals surface area contributed by atoms with Crippen LogP contribution in [0.3, 0.4) is 0 Å². The maximum atomic E-state index is 12.2. The second-order valence-electron chi connectivity index (χ2n) is 6.83. The fraction of sp³-hybridized carbons (Fsp3) is 0.750. The van der Waals surface area contributed by atoms with Crippen LogP contribution < -0.4 is 9.80 Å². The van der Waals surface area contributed by atoms with E-state index in [1.165, 1.54) is 34.3 Å². The number of hydrogen-bond acceptors (Lipinski definition) is 6. The van der Waals surface area contributed by atoms with Crippen LogP contribution in [0.25, 0.3) is 0 Å². The van der Waals surface area contributed by atoms with Gasteiger partial charge in [0, 0.05) is 53.4 Å². The molecule has 3 heterocycles. The van der Waals surface area contributed by atoms with E-state index in [2.05, 4.69) is 20.0 Å². The first-order chi connectivity index (χ1) is 12.0. The van der Waals surface area contributed by atoms with Gasteiger partial charge in [0.15, 0.2) is 11.6 Å². The fourth-order valence-corrected chi connectivity index (χ4v) is 4.42. The van der Waals surface area contributed by atoms with Gasteiger partial charge in [-0.15, -0.1) is 10.2 Å². The van der Waals surface area contributed by atoms with E-state index in [-0.39, 0.29) is 0 Å². The molecule has 2 fully saturated rings. The van der Waals surface area contributed by atoms with Gasteiger partial charge in [-0.25, -0.2) is 0 Å². The van der Waals surface area contributed by atoms with Crippen molar-refractivity contribution in [2.24, 2.45) is 0 Å². The highest BCUT2D eigenvalue weighted by Crippen LogP contribution is 2.20. The van der Waals surface area contributed by atoms with Gasteiger partial charge in [-0.1, -0.05) is 12.8 Å². The van der Waals surface area contributed by atoms with Crippen LogP contribution in [0.4, 0.5) is 11.6 Å². The SMILES string of the molecule is CN(C)S(=O)(=O)N1CCN(c2ccc(N3CCCCCC3)nn2)CC1. The van der Waals surface area contributed by atoms with E-state index < -0.39 is 10.2 Å². The molecule has 0 saturated carbocycles. The minimum Gasteiger partial charge on any atom is -0.355 e. The van der Waals surface area contributed by atoms with Gasteiger partial charge in [0.2, 0.25) is 0 Å². The van der Waals surface area contributed by atoms with Crippen molar-refractivity contribution in [2.75, 3.05) is 63.2 Å². The standard InChI is InChI=1S/C16H28N6O2S/c1-19(2)25(23,24)22-13-11-21(12-14-22)16-8-7-15(17-18-16)20-9-5-3-4-6-10-20/h7-8H,3-6,9-14H2,1-2H3. The first-order valence-electron chi connectivity index (χ1n) is 9.00. The average Bonchev–Trinajstić information content (AvgIpc) is 2.91. The molecular weight excluding hydrogens is 340 g/mol. The van der Waals surface area contributed by atoms with Crippen LogP contribution >= 0.6 is 0 Å². The predicted molar refractivity (Wildman–Crippen MR) is 99.1 cm³/mol. The Morgan fingerprint density at radius 2 is 1.28 bits per heavy atom. The lowest BCUT2D eigenvalue weighted by Gasteiger charge is -2.35. The fourth-order valence-electron chi connectivity index (χ4n) is 3.33. The van der Waals surface area contributed by atoms with E-state index in [9.17, 15) is 8.42 Å². The van der Waals surface area contributed by atoms with Gasteiger partial charge in [0.1, 0.15) is 0 Å². The molecule has 1 aromatic rings. The topological polar surface area (TPSA) is 72.9 Å². The lowest BCUT2D eigenvalue weighted by molar-refractivity contribution is 0.354. The summed E-state index contributed by atoms with van der Waals surface area (Å²) >= 11 is 0. The lowest BCUT2D eigenvalue weighted by atomic mass is 10.2. The molecule has 2 saturated heterocycles. The molecule has 2 aliphatic heterocycles. The molecule has 0 amide bonds. The van der Waals surface area contributed by atoms with Gasteiger partial charge in [0.25, 0.3) is 10.2 Å². The summed E-state index contributed by atoms with van der Waals surface area (Å²) in [5, 5.41) is 8.80. The second-order valence-corrected chi connectivity index (χ2v) is 8.97. The minimum absolute atomic E-state index is 0.468. The first kappa shape index (κ1) is 18.3. The smallest absolute Gasteiger partial charge is 0.281 e. The van der Waals surface area contributed by atoms with Crippen molar-refractivity contribution in [3.8, 4) is 0 Å². The molecule has 8 nitrogen and oxygen atoms in total. The van der Waals surface area contributed by atoms with Crippen LogP contribution in [0.5, 0.6) is 0 Å². The van der Waals surface area contributed by atoms with Crippen LogP contribution in [0.2, 0.25) is 0 Å². The van der Waals surface area contributed by atoms with Gasteiger partial charge in [-0.3, -0.25) is 0 Å². The molecule has 25 heavy (non-hydrogen) atoms. The molecule has 0 atom stereocenters. The third-order valence-corrected chi connectivity index (χ3v) is 6.86. The molecule has 140 valence electrons. The van der Waals surface area contributed by atoms with E-state index in [1.54, 1.807) is 14.1 Å². The summed E-state index contributed by atoms with van der Waals surface area (Å²) in [5.41, 5.74) is 0. The van der Waals surface area contributed by atoms with Crippen LogP contribution in [0.1, 0.15) is 25.7 Å². The van der Waals surface area contributed by atoms with E-state index in [4.69, 9.17) is 0 Å². The molecular formula is C16H28N6O2S. The van der Waals surface area contributed by atoms with Crippen LogP contribution in [-0.2, 0) is 10.2 Å². The van der Waals surface area contributed by atoms with Gasteiger partial charge >= 0.3 is 0 Å². The van der Waals surface area contributed by atoms with Gasteiger partial charge in [-0.2, -0.15) is 17.0 Å². The average molecular weight is 369 g/mol. The molecule has 0 unspecified atom stereocenters. The highest BCUT2D eigenvalue weighted by atomic mass is 32.2. The summed E-state index contributed by atoms with van der Waals surface area (Å²) in [6, 6.07) is 4.04. The second kappa shape index (κ2) is 7.84. The molecule has 0 aliphatic carbocycles. The molecule has 0 bridgehead atoms. The van der Waals surface area contributed by atoms with E-state index in [1.807, 2.05) is 12.1 Å². The normalized spacial score (nSPS) is 20.8. The van der Waals surface area contributed by atoms with Gasteiger partial charge in [-0.05, 0) is 25.0 Å². The number of piperazine rings is 1. The number of aromatic nitrogens is 2. The zero-order valence-corrected chi connectivity index (χ0v) is 16.0. The minimum atomic E-state index is -3.33. The summed E-state index contributed by atoms with van der Waals surface area (Å²) in [5.74, 6) is 1.76. The number of hydrogen-bond donors (Lipinski definition) is 0. The zero-order valence-electron chi connectivity index (χ0n) is 15.1. The zero-order chi connectivity index (χ0) is 17.9. The Bertz CT molecular complexity index is 648. The summed E-state index contributed by atoms with van der Waals surface area (Å²) in [6.07, 6.45) is 5.02. The molecule has 0 radical (unpaired) electrons. The number of nitrogens with zero attached hydrogens (tertiary/aromatic N) is 6. The number of anilines is 2. The first-order valence-corrected chi connectivity index (χ1v) is 10.4. The van der Waals surface area contributed by atoms with Crippen molar-refractivity contribution < 1.29 is 8.42 Å². The maximum Gasteiger partial charge on any atom is 0.281 e. The largest absolute Gasteiger partial charge is 0.355 e. The van der Waals surface area contributed by atoms with Crippen LogP contribution in [0, 0.1) is 0 Å². The summed E-state index contributed by atoms with van der Waals surface area (Å²) in [6.45, 7) is 4.30. The Kier molecular flexibility index (Phi) is 5.75. The van der Waals surface area contributed by atoms with Crippen molar-refractivity contribution in [2.45, 2.75) is 25.7 Å². The molecule has 1 aromatic heterocycles. The third kappa shape index (κ3) is 4.21. The van der Waals surface area contributed by atoms with E-state index in [0.717, 1.165) is 24.7 Å². The number of rotatable bonds is 4. The molecule has 0 spiro atoms. The lowest BCUT2D eigenvalue weighted by Crippen LogP contribution is -2.51. The van der Waals surface area contributed by atoms with Crippen LogP contribution in [0.15, 0.2) is 12.1 Å². The molecule has 0 aromatic carbocycles. The Balaban J connectivity index is 1.60. The van der Waals surface area contributed by atoms with Crippen molar-refractivity contribution in [3.63, 3.8) is 0 Å². The molecule has 9 heteroatoms. The van der Waals surface area contributed by atoms with Crippen molar-refractivity contribution >= 4 is 21.8 Å². The predicted octanol–water partition coefficient (Wildman–Crippen LogP) is 0.785. The summed E-state index contributed by atoms with van der Waals surface area (Å²) in [7, 11) is -0.205. The van der Waals surface area contributed by atoms with Crippen molar-refractivity contribution in [3.05, 3.63) is 12.1 Å². The quantitative estimate of drug-likeness (QED) is 0.782.